The molecule has 62 valence electrons. The molecule has 0 spiro atoms. The van der Waals surface area contributed by atoms with Crippen LogP contribution in [-0.4, -0.2) is 6.61 Å². The molecule has 0 saturated heterocycles. The van der Waals surface area contributed by atoms with Crippen molar-refractivity contribution in [2.24, 2.45) is 0 Å². The average Bonchev–Trinajstić information content (AvgIpc) is 2.29. The molecule has 0 aliphatic carbocycles. The summed E-state index contributed by atoms with van der Waals surface area (Å²) in [6, 6.07) is 8.21. The van der Waals surface area contributed by atoms with Crippen molar-refractivity contribution in [1.82, 2.24) is 0 Å². The molecule has 1 nitrogen and oxygen atoms in total. The predicted molar refractivity (Wildman–Crippen MR) is 49.4 cm³/mol. The van der Waals surface area contributed by atoms with E-state index in [9.17, 15) is 0 Å². The highest BCUT2D eigenvalue weighted by Crippen LogP contribution is 2.22. The fraction of sp³-hybridized carbons (Fsp3) is 0.273. The van der Waals surface area contributed by atoms with Gasteiger partial charge in [-0.15, -0.1) is 0 Å². The Morgan fingerprint density at radius 3 is 3.00 bits per heavy atom. The molecule has 0 aromatic heterocycles. The minimum Gasteiger partial charge on any atom is -0.489 e. The van der Waals surface area contributed by atoms with E-state index in [1.54, 1.807) is 0 Å². The molecule has 0 amide bonds. The third-order valence-electron chi connectivity index (χ3n) is 2.10. The maximum absolute atomic E-state index is 5.59. The van der Waals surface area contributed by atoms with Gasteiger partial charge in [0, 0.05) is 0 Å². The van der Waals surface area contributed by atoms with Gasteiger partial charge in [0.1, 0.15) is 12.4 Å². The Bertz CT molecular complexity index is 313. The van der Waals surface area contributed by atoms with Gasteiger partial charge in [-0.2, -0.15) is 0 Å². The van der Waals surface area contributed by atoms with E-state index >= 15 is 0 Å². The van der Waals surface area contributed by atoms with Crippen LogP contribution < -0.4 is 4.74 Å². The van der Waals surface area contributed by atoms with Gasteiger partial charge in [0.05, 0.1) is 0 Å². The lowest BCUT2D eigenvalue weighted by Gasteiger charge is -2.05. The van der Waals surface area contributed by atoms with Crippen LogP contribution in [0.5, 0.6) is 5.75 Å². The molecule has 1 aromatic carbocycles. The molecule has 1 heteroatoms. The standard InChI is InChI=1S/C11H12O/c1-9-6-7-10-4-2-3-5-11(10)12-8-9/h2-6H,7-8H2,1H3. The second-order valence-electron chi connectivity index (χ2n) is 3.15. The summed E-state index contributed by atoms with van der Waals surface area (Å²) in [6.07, 6.45) is 3.23. The minimum atomic E-state index is 0.733. The third-order valence-corrected chi connectivity index (χ3v) is 2.10. The molecule has 0 radical (unpaired) electrons. The summed E-state index contributed by atoms with van der Waals surface area (Å²) in [6.45, 7) is 2.84. The molecule has 0 fully saturated rings. The van der Waals surface area contributed by atoms with Gasteiger partial charge in [-0.25, -0.2) is 0 Å². The zero-order chi connectivity index (χ0) is 8.39. The van der Waals surface area contributed by atoms with Gasteiger partial charge in [0.2, 0.25) is 0 Å². The van der Waals surface area contributed by atoms with Crippen molar-refractivity contribution in [3.63, 3.8) is 0 Å². The first kappa shape index (κ1) is 7.41. The summed E-state index contributed by atoms with van der Waals surface area (Å²) in [7, 11) is 0. The number of hydrogen-bond donors (Lipinski definition) is 0. The van der Waals surface area contributed by atoms with Gasteiger partial charge in [-0.05, 0) is 30.5 Å². The number of rotatable bonds is 0. The SMILES string of the molecule is CC1=CCc2ccccc2OC1. The van der Waals surface area contributed by atoms with E-state index < -0.39 is 0 Å². The summed E-state index contributed by atoms with van der Waals surface area (Å²) < 4.78 is 5.59. The zero-order valence-electron chi connectivity index (χ0n) is 7.21. The van der Waals surface area contributed by atoms with Crippen molar-refractivity contribution in [2.75, 3.05) is 6.61 Å². The Labute approximate surface area is 72.7 Å². The van der Waals surface area contributed by atoms with E-state index in [-0.39, 0.29) is 0 Å². The Balaban J connectivity index is 2.35. The third kappa shape index (κ3) is 1.35. The Hall–Kier alpha value is -1.24. The van der Waals surface area contributed by atoms with E-state index in [0.717, 1.165) is 18.8 Å². The molecule has 1 aliphatic rings. The van der Waals surface area contributed by atoms with Crippen LogP contribution in [0, 0.1) is 0 Å². The molecule has 0 N–H and O–H groups in total. The number of benzene rings is 1. The fourth-order valence-corrected chi connectivity index (χ4v) is 1.35. The van der Waals surface area contributed by atoms with Crippen LogP contribution in [-0.2, 0) is 6.42 Å². The van der Waals surface area contributed by atoms with Crippen LogP contribution in [0.2, 0.25) is 0 Å². The lowest BCUT2D eigenvalue weighted by molar-refractivity contribution is 0.352. The summed E-state index contributed by atoms with van der Waals surface area (Å²) in [5.74, 6) is 1.03. The van der Waals surface area contributed by atoms with Crippen molar-refractivity contribution in [3.8, 4) is 5.75 Å². The van der Waals surface area contributed by atoms with E-state index in [2.05, 4.69) is 25.1 Å². The van der Waals surface area contributed by atoms with Crippen molar-refractivity contribution < 1.29 is 4.74 Å². The van der Waals surface area contributed by atoms with E-state index in [1.807, 2.05) is 12.1 Å². The largest absolute Gasteiger partial charge is 0.489 e. The number of para-hydroxylation sites is 1. The maximum atomic E-state index is 5.59. The van der Waals surface area contributed by atoms with Crippen molar-refractivity contribution >= 4 is 0 Å². The number of fused-ring (bicyclic) bond motifs is 1. The lowest BCUT2D eigenvalue weighted by Crippen LogP contribution is -1.96. The second-order valence-corrected chi connectivity index (χ2v) is 3.15. The van der Waals surface area contributed by atoms with Crippen molar-refractivity contribution in [3.05, 3.63) is 41.5 Å². The summed E-state index contributed by atoms with van der Waals surface area (Å²) in [5.41, 5.74) is 2.60. The van der Waals surface area contributed by atoms with E-state index in [1.165, 1.54) is 11.1 Å². The van der Waals surface area contributed by atoms with Gasteiger partial charge < -0.3 is 4.74 Å². The molecule has 2 rings (SSSR count). The zero-order valence-corrected chi connectivity index (χ0v) is 7.21. The molecule has 0 saturated carbocycles. The first-order valence-corrected chi connectivity index (χ1v) is 4.22. The lowest BCUT2D eigenvalue weighted by atomic mass is 10.1. The topological polar surface area (TPSA) is 9.23 Å². The number of hydrogen-bond acceptors (Lipinski definition) is 1. The van der Waals surface area contributed by atoms with Gasteiger partial charge in [0.15, 0.2) is 0 Å². The normalized spacial score (nSPS) is 15.6. The van der Waals surface area contributed by atoms with E-state index in [0.29, 0.717) is 0 Å². The Kier molecular flexibility index (Phi) is 1.86. The first-order chi connectivity index (χ1) is 5.86. The van der Waals surface area contributed by atoms with Crippen LogP contribution in [0.4, 0.5) is 0 Å². The molecule has 12 heavy (non-hydrogen) atoms. The van der Waals surface area contributed by atoms with Crippen LogP contribution >= 0.6 is 0 Å². The second kappa shape index (κ2) is 3.02. The molecule has 1 heterocycles. The summed E-state index contributed by atoms with van der Waals surface area (Å²) in [5, 5.41) is 0. The van der Waals surface area contributed by atoms with Gasteiger partial charge in [-0.3, -0.25) is 0 Å². The van der Waals surface area contributed by atoms with Crippen molar-refractivity contribution in [2.45, 2.75) is 13.3 Å². The Morgan fingerprint density at radius 1 is 1.25 bits per heavy atom. The van der Waals surface area contributed by atoms with Crippen LogP contribution in [0.25, 0.3) is 0 Å². The minimum absolute atomic E-state index is 0.733. The first-order valence-electron chi connectivity index (χ1n) is 4.22. The number of ether oxygens (including phenoxy) is 1. The fourth-order valence-electron chi connectivity index (χ4n) is 1.35. The maximum Gasteiger partial charge on any atom is 0.123 e. The molecule has 0 unspecified atom stereocenters. The molecular weight excluding hydrogens is 148 g/mol. The highest BCUT2D eigenvalue weighted by molar-refractivity contribution is 5.36. The Morgan fingerprint density at radius 2 is 2.08 bits per heavy atom. The summed E-state index contributed by atoms with van der Waals surface area (Å²) >= 11 is 0. The average molecular weight is 160 g/mol. The van der Waals surface area contributed by atoms with Gasteiger partial charge in [0.25, 0.3) is 0 Å². The monoisotopic (exact) mass is 160 g/mol. The number of allylic oxidation sites excluding steroid dienone is 1. The molecular formula is C11H12O. The molecule has 0 bridgehead atoms. The molecule has 1 aromatic rings. The van der Waals surface area contributed by atoms with Crippen molar-refractivity contribution in [1.29, 1.82) is 0 Å². The molecule has 0 atom stereocenters. The van der Waals surface area contributed by atoms with E-state index in [4.69, 9.17) is 4.74 Å². The summed E-state index contributed by atoms with van der Waals surface area (Å²) in [4.78, 5) is 0. The predicted octanol–water partition coefficient (Wildman–Crippen LogP) is 2.57. The quantitative estimate of drug-likeness (QED) is 0.530. The highest BCUT2D eigenvalue weighted by atomic mass is 16.5. The van der Waals surface area contributed by atoms with Crippen LogP contribution in [0.3, 0.4) is 0 Å². The highest BCUT2D eigenvalue weighted by Gasteiger charge is 2.05. The smallest absolute Gasteiger partial charge is 0.123 e. The molecule has 1 aliphatic heterocycles. The van der Waals surface area contributed by atoms with Gasteiger partial charge in [-0.1, -0.05) is 24.3 Å². The van der Waals surface area contributed by atoms with Crippen LogP contribution in [0.15, 0.2) is 35.9 Å². The van der Waals surface area contributed by atoms with Gasteiger partial charge >= 0.3 is 0 Å². The van der Waals surface area contributed by atoms with Crippen LogP contribution in [0.1, 0.15) is 12.5 Å².